The van der Waals surface area contributed by atoms with E-state index in [9.17, 15) is 9.59 Å². The molecule has 0 spiro atoms. The fourth-order valence-corrected chi connectivity index (χ4v) is 1.97. The molecule has 1 aliphatic heterocycles. The predicted octanol–water partition coefficient (Wildman–Crippen LogP) is 1.78. The van der Waals surface area contributed by atoms with Gasteiger partial charge in [-0.1, -0.05) is 6.92 Å². The Bertz CT molecular complexity index is 265. The van der Waals surface area contributed by atoms with E-state index in [0.29, 0.717) is 4.42 Å². The number of amides is 2. The fourth-order valence-electron chi connectivity index (χ4n) is 1.40. The number of alkyl halides is 1. The lowest BCUT2D eigenvalue weighted by molar-refractivity contribution is -0.152. The molecule has 5 heteroatoms. The van der Waals surface area contributed by atoms with E-state index < -0.39 is 28.5 Å². The van der Waals surface area contributed by atoms with Gasteiger partial charge < -0.3 is 0 Å². The highest BCUT2D eigenvalue weighted by atomic mass is 35.5. The largest absolute Gasteiger partial charge is 0.273 e. The van der Waals surface area contributed by atoms with E-state index in [1.54, 1.807) is 20.8 Å². The van der Waals surface area contributed by atoms with Gasteiger partial charge in [0.25, 0.3) is 5.91 Å². The first-order valence-corrected chi connectivity index (χ1v) is 4.76. The molecule has 0 radical (unpaired) electrons. The molecule has 2 atom stereocenters. The maximum Gasteiger partial charge on any atom is 0.251 e. The number of nitrogens with zero attached hydrogens (tertiary/aromatic N) is 1. The third-order valence-electron chi connectivity index (χ3n) is 2.44. The number of piperidine rings is 1. The summed E-state index contributed by atoms with van der Waals surface area (Å²) >= 11 is 11.5. The van der Waals surface area contributed by atoms with Gasteiger partial charge in [0.05, 0.1) is 16.7 Å². The zero-order valence-electron chi connectivity index (χ0n) is 7.67. The van der Waals surface area contributed by atoms with Crippen molar-refractivity contribution in [2.75, 3.05) is 0 Å². The van der Waals surface area contributed by atoms with Gasteiger partial charge in [-0.05, 0) is 13.8 Å². The van der Waals surface area contributed by atoms with Gasteiger partial charge in [0, 0.05) is 11.8 Å². The quantitative estimate of drug-likeness (QED) is 0.357. The molecule has 74 valence electrons. The highest BCUT2D eigenvalue weighted by Gasteiger charge is 2.50. The molecule has 0 aromatic carbocycles. The maximum atomic E-state index is 11.5. The van der Waals surface area contributed by atoms with Gasteiger partial charge in [0.15, 0.2) is 0 Å². The summed E-state index contributed by atoms with van der Waals surface area (Å²) in [6.07, 6.45) is 0. The van der Waals surface area contributed by atoms with Crippen molar-refractivity contribution in [3.05, 3.63) is 0 Å². The highest BCUT2D eigenvalue weighted by molar-refractivity contribution is 6.35. The molecule has 0 aromatic heterocycles. The van der Waals surface area contributed by atoms with Gasteiger partial charge in [-0.25, -0.2) is 0 Å². The molecule has 1 saturated heterocycles. The Morgan fingerprint density at radius 1 is 1.38 bits per heavy atom. The van der Waals surface area contributed by atoms with E-state index in [2.05, 4.69) is 0 Å². The van der Waals surface area contributed by atoms with Gasteiger partial charge in [-0.3, -0.25) is 9.59 Å². The van der Waals surface area contributed by atoms with Crippen molar-refractivity contribution in [1.82, 2.24) is 4.42 Å². The molecule has 0 N–H and O–H groups in total. The van der Waals surface area contributed by atoms with Crippen molar-refractivity contribution >= 4 is 35.2 Å². The van der Waals surface area contributed by atoms with Crippen LogP contribution in [0.5, 0.6) is 0 Å². The van der Waals surface area contributed by atoms with Crippen LogP contribution in [-0.4, -0.2) is 21.6 Å². The third-order valence-corrected chi connectivity index (χ3v) is 3.68. The first-order chi connectivity index (χ1) is 5.80. The first kappa shape index (κ1) is 10.8. The van der Waals surface area contributed by atoms with Crippen LogP contribution in [-0.2, 0) is 9.59 Å². The topological polar surface area (TPSA) is 37.4 Å². The molecule has 1 fully saturated rings. The normalized spacial score (nSPS) is 33.8. The minimum absolute atomic E-state index is 0.424. The van der Waals surface area contributed by atoms with E-state index in [-0.39, 0.29) is 0 Å². The summed E-state index contributed by atoms with van der Waals surface area (Å²) in [6.45, 7) is 5.04. The van der Waals surface area contributed by atoms with Crippen LogP contribution in [0, 0.1) is 11.3 Å². The molecule has 1 aliphatic rings. The average Bonchev–Trinajstić information content (AvgIpc) is 2.09. The zero-order chi connectivity index (χ0) is 10.4. The second-order valence-corrected chi connectivity index (χ2v) is 4.64. The SMILES string of the molecule is CC1C(=O)N(Cl)C(=O)C(C)(C)C1Cl. The molecule has 1 rings (SSSR count). The Hall–Kier alpha value is -0.280. The maximum absolute atomic E-state index is 11.5. The molecule has 0 aliphatic carbocycles. The summed E-state index contributed by atoms with van der Waals surface area (Å²) in [7, 11) is 0. The van der Waals surface area contributed by atoms with Gasteiger partial charge >= 0.3 is 0 Å². The lowest BCUT2D eigenvalue weighted by atomic mass is 9.78. The van der Waals surface area contributed by atoms with Crippen molar-refractivity contribution in [2.24, 2.45) is 11.3 Å². The Morgan fingerprint density at radius 2 is 1.85 bits per heavy atom. The lowest BCUT2D eigenvalue weighted by Gasteiger charge is -2.39. The van der Waals surface area contributed by atoms with Crippen LogP contribution in [0.1, 0.15) is 20.8 Å². The van der Waals surface area contributed by atoms with E-state index in [4.69, 9.17) is 23.4 Å². The van der Waals surface area contributed by atoms with Crippen LogP contribution in [0.25, 0.3) is 0 Å². The monoisotopic (exact) mass is 223 g/mol. The molecule has 0 saturated carbocycles. The van der Waals surface area contributed by atoms with Crippen molar-refractivity contribution in [3.63, 3.8) is 0 Å². The zero-order valence-corrected chi connectivity index (χ0v) is 9.19. The predicted molar refractivity (Wildman–Crippen MR) is 50.3 cm³/mol. The lowest BCUT2D eigenvalue weighted by Crippen LogP contribution is -2.55. The number of carbonyl (C=O) groups is 2. The summed E-state index contributed by atoms with van der Waals surface area (Å²) in [5, 5.41) is -0.498. The van der Waals surface area contributed by atoms with Gasteiger partial charge in [-0.2, -0.15) is 4.42 Å². The summed E-state index contributed by atoms with van der Waals surface area (Å²) in [5.74, 6) is -1.28. The molecular weight excluding hydrogens is 213 g/mol. The molecule has 2 amide bonds. The van der Waals surface area contributed by atoms with Gasteiger partial charge in [0.1, 0.15) is 0 Å². The summed E-state index contributed by atoms with van der Waals surface area (Å²) in [5.41, 5.74) is -0.781. The van der Waals surface area contributed by atoms with Crippen LogP contribution < -0.4 is 0 Å². The third kappa shape index (κ3) is 1.44. The summed E-state index contributed by atoms with van der Waals surface area (Å²) < 4.78 is 0.642. The number of hydrogen-bond acceptors (Lipinski definition) is 2. The van der Waals surface area contributed by atoms with E-state index in [0.717, 1.165) is 0 Å². The Labute approximate surface area is 87.1 Å². The van der Waals surface area contributed by atoms with Gasteiger partial charge in [-0.15, -0.1) is 11.6 Å². The second-order valence-electron chi connectivity index (χ2n) is 3.84. The number of rotatable bonds is 0. The minimum atomic E-state index is -0.781. The van der Waals surface area contributed by atoms with Crippen LogP contribution >= 0.6 is 23.4 Å². The Kier molecular flexibility index (Phi) is 2.61. The Morgan fingerprint density at radius 3 is 2.31 bits per heavy atom. The smallest absolute Gasteiger partial charge is 0.251 e. The number of hydrogen-bond donors (Lipinski definition) is 0. The van der Waals surface area contributed by atoms with Crippen molar-refractivity contribution in [3.8, 4) is 0 Å². The number of imide groups is 1. The van der Waals surface area contributed by atoms with Crippen LogP contribution in [0.15, 0.2) is 0 Å². The summed E-state index contributed by atoms with van der Waals surface area (Å²) in [4.78, 5) is 22.8. The van der Waals surface area contributed by atoms with Crippen LogP contribution in [0.3, 0.4) is 0 Å². The Balaban J connectivity index is 3.07. The van der Waals surface area contributed by atoms with Crippen LogP contribution in [0.4, 0.5) is 0 Å². The standard InChI is InChI=1S/C8H11Cl2NO2/c1-4-5(9)8(2,3)7(13)11(10)6(4)12/h4-5H,1-3H3. The summed E-state index contributed by atoms with van der Waals surface area (Å²) in [6, 6.07) is 0. The average molecular weight is 224 g/mol. The number of halogens is 2. The van der Waals surface area contributed by atoms with E-state index >= 15 is 0 Å². The molecule has 1 heterocycles. The molecular formula is C8H11Cl2NO2. The molecule has 0 bridgehead atoms. The molecule has 13 heavy (non-hydrogen) atoms. The van der Waals surface area contributed by atoms with Crippen molar-refractivity contribution in [1.29, 1.82) is 0 Å². The van der Waals surface area contributed by atoms with E-state index in [1.165, 1.54) is 0 Å². The second kappa shape index (κ2) is 3.14. The van der Waals surface area contributed by atoms with Crippen molar-refractivity contribution in [2.45, 2.75) is 26.1 Å². The molecule has 2 unspecified atom stereocenters. The van der Waals surface area contributed by atoms with Crippen molar-refractivity contribution < 1.29 is 9.59 Å². The number of carbonyl (C=O) groups excluding carboxylic acids is 2. The van der Waals surface area contributed by atoms with Crippen LogP contribution in [0.2, 0.25) is 0 Å². The fraction of sp³-hybridized carbons (Fsp3) is 0.750. The van der Waals surface area contributed by atoms with E-state index in [1.807, 2.05) is 0 Å². The minimum Gasteiger partial charge on any atom is -0.273 e. The highest BCUT2D eigenvalue weighted by Crippen LogP contribution is 2.39. The molecule has 3 nitrogen and oxygen atoms in total. The van der Waals surface area contributed by atoms with Gasteiger partial charge in [0.2, 0.25) is 5.91 Å². The first-order valence-electron chi connectivity index (χ1n) is 3.98. The molecule has 0 aromatic rings.